The van der Waals surface area contributed by atoms with Gasteiger partial charge in [0.2, 0.25) is 0 Å². The number of ether oxygens (including phenoxy) is 1. The quantitative estimate of drug-likeness (QED) is 0.246. The van der Waals surface area contributed by atoms with E-state index >= 15 is 0 Å². The Morgan fingerprint density at radius 2 is 2.40 bits per heavy atom. The van der Waals surface area contributed by atoms with Crippen LogP contribution in [-0.2, 0) is 4.74 Å². The zero-order chi connectivity index (χ0) is 4.12. The molecule has 0 aliphatic heterocycles. The molecule has 0 fully saturated rings. The van der Waals surface area contributed by atoms with E-state index in [9.17, 15) is 0 Å². The third kappa shape index (κ3) is 3.47. The molecule has 0 N–H and O–H groups in total. The van der Waals surface area contributed by atoms with Gasteiger partial charge in [-0.05, 0) is 7.05 Å². The Balaban J connectivity index is 2.62. The van der Waals surface area contributed by atoms with Crippen molar-refractivity contribution in [2.24, 2.45) is 4.99 Å². The summed E-state index contributed by atoms with van der Waals surface area (Å²) in [5, 5.41) is 0. The molecule has 0 heterocycles. The van der Waals surface area contributed by atoms with Crippen molar-refractivity contribution < 1.29 is 4.74 Å². The first kappa shape index (κ1) is 4.47. The third-order valence-electron chi connectivity index (χ3n) is 0.183. The van der Waals surface area contributed by atoms with E-state index < -0.39 is 0 Å². The Hall–Kier alpha value is -0.530. The summed E-state index contributed by atoms with van der Waals surface area (Å²) in [5.41, 5.74) is 0. The molecule has 0 aliphatic carbocycles. The lowest BCUT2D eigenvalue weighted by molar-refractivity contribution is 0.422. The first-order valence-electron chi connectivity index (χ1n) is 1.28. The van der Waals surface area contributed by atoms with Crippen LogP contribution in [0.3, 0.4) is 0 Å². The van der Waals surface area contributed by atoms with Crippen LogP contribution in [0.5, 0.6) is 0 Å². The Labute approximate surface area is 31.5 Å². The van der Waals surface area contributed by atoms with Crippen LogP contribution in [0.25, 0.3) is 0 Å². The van der Waals surface area contributed by atoms with Crippen LogP contribution in [0.2, 0.25) is 0 Å². The number of rotatable bonds is 1. The Kier molecular flexibility index (Phi) is 3.10. The first-order valence-corrected chi connectivity index (χ1v) is 1.28. The molecule has 30 valence electrons. The van der Waals surface area contributed by atoms with Crippen molar-refractivity contribution in [3.8, 4) is 0 Å². The van der Waals surface area contributed by atoms with Gasteiger partial charge in [-0.3, -0.25) is 0 Å². The molecule has 0 saturated carbocycles. The fraction of sp³-hybridized carbons (Fsp3) is 0.667. The highest BCUT2D eigenvalue weighted by Crippen LogP contribution is 1.48. The van der Waals surface area contributed by atoms with Crippen LogP contribution in [0, 0.1) is 0 Å². The number of hydrogen-bond acceptors (Lipinski definition) is 2. The largest absolute Gasteiger partial charge is 0.677 e. The van der Waals surface area contributed by atoms with Crippen molar-refractivity contribution in [2.45, 2.75) is 0 Å². The fourth-order valence-electron chi connectivity index (χ4n) is 0.0913. The lowest BCUT2D eigenvalue weighted by Crippen LogP contribution is -1.71. The van der Waals surface area contributed by atoms with Gasteiger partial charge in [0.05, 0.1) is 0 Å². The summed E-state index contributed by atoms with van der Waals surface area (Å²) in [4.78, 5) is 3.38. The van der Waals surface area contributed by atoms with Gasteiger partial charge in [0.1, 0.15) is 0 Å². The number of hydrogen-bond donors (Lipinski definition) is 0. The minimum Gasteiger partial charge on any atom is -0.677 e. The molecule has 0 atom stereocenters. The van der Waals surface area contributed by atoms with Gasteiger partial charge in [-0.2, -0.15) is 0 Å². The van der Waals surface area contributed by atoms with E-state index in [1.54, 1.807) is 7.05 Å². The van der Waals surface area contributed by atoms with E-state index in [1.807, 2.05) is 0 Å². The van der Waals surface area contributed by atoms with Gasteiger partial charge in [-0.1, -0.05) is 0 Å². The Morgan fingerprint density at radius 3 is 2.40 bits per heavy atom. The van der Waals surface area contributed by atoms with E-state index in [-0.39, 0.29) is 0 Å². The van der Waals surface area contributed by atoms with Gasteiger partial charge in [-0.15, -0.1) is 0 Å². The molecule has 0 aliphatic rings. The average molecular weight is 72.1 g/mol. The SMILES string of the molecule is CN=[C-]OC. The molecule has 0 rings (SSSR count). The zero-order valence-corrected chi connectivity index (χ0v) is 3.36. The van der Waals surface area contributed by atoms with Crippen molar-refractivity contribution in [1.29, 1.82) is 0 Å². The number of nitrogens with zero attached hydrogens (tertiary/aromatic N) is 1. The van der Waals surface area contributed by atoms with Crippen LogP contribution < -0.4 is 0 Å². The van der Waals surface area contributed by atoms with E-state index in [0.717, 1.165) is 0 Å². The summed E-state index contributed by atoms with van der Waals surface area (Å²) >= 11 is 0. The third-order valence-corrected chi connectivity index (χ3v) is 0.183. The zero-order valence-electron chi connectivity index (χ0n) is 3.36. The van der Waals surface area contributed by atoms with Gasteiger partial charge in [0, 0.05) is 7.11 Å². The minimum absolute atomic E-state index is 1.51. The fourth-order valence-corrected chi connectivity index (χ4v) is 0.0913. The van der Waals surface area contributed by atoms with Crippen LogP contribution in [-0.4, -0.2) is 20.6 Å². The topological polar surface area (TPSA) is 21.6 Å². The smallest absolute Gasteiger partial charge is 0.0348 e. The lowest BCUT2D eigenvalue weighted by atomic mass is 11.3. The van der Waals surface area contributed by atoms with Crippen LogP contribution in [0.4, 0.5) is 0 Å². The molecular formula is C3H6NO-. The van der Waals surface area contributed by atoms with Gasteiger partial charge in [0.15, 0.2) is 0 Å². The molecule has 0 spiro atoms. The normalized spacial score (nSPS) is 9.20. The van der Waals surface area contributed by atoms with Crippen molar-refractivity contribution in [1.82, 2.24) is 0 Å². The highest BCUT2D eigenvalue weighted by atomic mass is 16.5. The summed E-state index contributed by atoms with van der Waals surface area (Å²) < 4.78 is 4.27. The van der Waals surface area contributed by atoms with Gasteiger partial charge in [0.25, 0.3) is 0 Å². The molecule has 0 bridgehead atoms. The maximum atomic E-state index is 4.27. The van der Waals surface area contributed by atoms with Crippen molar-refractivity contribution in [2.75, 3.05) is 14.2 Å². The number of methoxy groups -OCH3 is 1. The summed E-state index contributed by atoms with van der Waals surface area (Å²) in [6.07, 6.45) is 2.24. The van der Waals surface area contributed by atoms with Crippen LogP contribution in [0.1, 0.15) is 0 Å². The molecule has 0 saturated heterocycles. The Bertz CT molecular complexity index is 33.9. The molecule has 0 amide bonds. The predicted molar refractivity (Wildman–Crippen MR) is 20.4 cm³/mol. The maximum Gasteiger partial charge on any atom is 0.0348 e. The van der Waals surface area contributed by atoms with Gasteiger partial charge >= 0.3 is 0 Å². The van der Waals surface area contributed by atoms with Crippen LogP contribution >= 0.6 is 0 Å². The molecule has 0 aromatic heterocycles. The second-order valence-electron chi connectivity index (χ2n) is 0.519. The average Bonchev–Trinajstić information content (AvgIpc) is 1.41. The highest BCUT2D eigenvalue weighted by molar-refractivity contribution is 5.45. The molecule has 2 nitrogen and oxygen atoms in total. The maximum absolute atomic E-state index is 4.27. The second-order valence-corrected chi connectivity index (χ2v) is 0.519. The summed E-state index contributed by atoms with van der Waals surface area (Å²) in [7, 11) is 3.11. The molecule has 0 radical (unpaired) electrons. The molecule has 0 unspecified atom stereocenters. The lowest BCUT2D eigenvalue weighted by Gasteiger charge is -1.97. The van der Waals surface area contributed by atoms with Crippen LogP contribution in [0.15, 0.2) is 4.99 Å². The summed E-state index contributed by atoms with van der Waals surface area (Å²) in [6, 6.07) is 0. The molecule has 2 heteroatoms. The number of aliphatic imine (C=N–C) groups is 1. The van der Waals surface area contributed by atoms with E-state index in [0.29, 0.717) is 0 Å². The summed E-state index contributed by atoms with van der Waals surface area (Å²) in [5.74, 6) is 0. The van der Waals surface area contributed by atoms with E-state index in [2.05, 4.69) is 16.1 Å². The second kappa shape index (κ2) is 3.47. The van der Waals surface area contributed by atoms with Crippen molar-refractivity contribution in [3.05, 3.63) is 0 Å². The van der Waals surface area contributed by atoms with Gasteiger partial charge in [-0.25, -0.2) is 6.40 Å². The van der Waals surface area contributed by atoms with E-state index in [1.165, 1.54) is 7.11 Å². The standard InChI is InChI=1S/C3H6NO/c1-4-3-5-2/h1-2H3/q-1. The predicted octanol–water partition coefficient (Wildman–Crippen LogP) is 0.168. The Morgan fingerprint density at radius 1 is 1.80 bits per heavy atom. The molecular weight excluding hydrogens is 66.0 g/mol. The molecule has 0 aromatic rings. The summed E-state index contributed by atoms with van der Waals surface area (Å²) in [6.45, 7) is 0. The highest BCUT2D eigenvalue weighted by Gasteiger charge is 1.25. The monoisotopic (exact) mass is 72.0 g/mol. The van der Waals surface area contributed by atoms with Crippen molar-refractivity contribution >= 4 is 6.40 Å². The molecule has 0 aromatic carbocycles. The molecule has 5 heavy (non-hydrogen) atoms. The minimum atomic E-state index is 1.51. The first-order chi connectivity index (χ1) is 2.41. The van der Waals surface area contributed by atoms with E-state index in [4.69, 9.17) is 0 Å². The van der Waals surface area contributed by atoms with Crippen molar-refractivity contribution in [3.63, 3.8) is 0 Å². The van der Waals surface area contributed by atoms with Gasteiger partial charge < -0.3 is 9.73 Å².